The smallest absolute Gasteiger partial charge is 0.0429 e. The van der Waals surface area contributed by atoms with E-state index >= 15 is 0 Å². The fourth-order valence-electron chi connectivity index (χ4n) is 4.59. The first kappa shape index (κ1) is 15.6. The van der Waals surface area contributed by atoms with E-state index in [0.717, 1.165) is 17.8 Å². The summed E-state index contributed by atoms with van der Waals surface area (Å²) >= 11 is 4.10. The molecule has 0 spiro atoms. The largest absolute Gasteiger partial charge is 0.0836 e. The van der Waals surface area contributed by atoms with Crippen molar-refractivity contribution in [3.63, 3.8) is 0 Å². The highest BCUT2D eigenvalue weighted by molar-refractivity contribution is 9.09. The second-order valence-electron chi connectivity index (χ2n) is 7.94. The third-order valence-corrected chi connectivity index (χ3v) is 7.04. The molecule has 0 amide bonds. The van der Waals surface area contributed by atoms with Crippen LogP contribution in [0.25, 0.3) is 0 Å². The molecule has 0 N–H and O–H groups in total. The molecule has 0 aliphatic heterocycles. The maximum atomic E-state index is 4.10. The Morgan fingerprint density at radius 2 is 1.71 bits per heavy atom. The second-order valence-corrected chi connectivity index (χ2v) is 8.92. The van der Waals surface area contributed by atoms with Crippen molar-refractivity contribution in [2.75, 3.05) is 0 Å². The lowest BCUT2D eigenvalue weighted by Gasteiger charge is -2.29. The van der Waals surface area contributed by atoms with E-state index in [9.17, 15) is 0 Å². The van der Waals surface area contributed by atoms with E-state index < -0.39 is 0 Å². The van der Waals surface area contributed by atoms with Gasteiger partial charge in [-0.25, -0.2) is 0 Å². The molecule has 0 saturated heterocycles. The first-order chi connectivity index (χ1) is 9.97. The van der Waals surface area contributed by atoms with Gasteiger partial charge in [0, 0.05) is 4.83 Å². The van der Waals surface area contributed by atoms with E-state index in [0.29, 0.717) is 16.7 Å². The molecule has 4 atom stereocenters. The van der Waals surface area contributed by atoms with Crippen LogP contribution in [0.3, 0.4) is 0 Å². The molecule has 1 heteroatoms. The molecule has 116 valence electrons. The van der Waals surface area contributed by atoms with Gasteiger partial charge in [-0.2, -0.15) is 0 Å². The highest BCUT2D eigenvalue weighted by Crippen LogP contribution is 2.55. The lowest BCUT2D eigenvalue weighted by molar-refractivity contribution is 0.328. The number of halogens is 1. The molecule has 1 aromatic rings. The summed E-state index contributed by atoms with van der Waals surface area (Å²) in [6.07, 6.45) is 5.90. The normalized spacial score (nSPS) is 29.6. The van der Waals surface area contributed by atoms with Gasteiger partial charge in [-0.05, 0) is 65.5 Å². The number of fused-ring (bicyclic) bond motifs is 2. The van der Waals surface area contributed by atoms with Crippen molar-refractivity contribution in [3.05, 3.63) is 34.9 Å². The predicted octanol–water partition coefficient (Wildman–Crippen LogP) is 6.81. The Morgan fingerprint density at radius 3 is 2.24 bits per heavy atom. The summed E-state index contributed by atoms with van der Waals surface area (Å²) in [5.41, 5.74) is 4.60. The molecule has 2 saturated carbocycles. The SMILES string of the molecule is CC(C)c1ccc(C(Br)C2CC3CCC2C3)c(C(C)C)c1. The Morgan fingerprint density at radius 1 is 0.952 bits per heavy atom. The van der Waals surface area contributed by atoms with E-state index in [-0.39, 0.29) is 0 Å². The molecular formula is C20H29Br. The summed E-state index contributed by atoms with van der Waals surface area (Å²) in [4.78, 5) is 0.561. The number of alkyl halides is 1. The van der Waals surface area contributed by atoms with Crippen molar-refractivity contribution in [1.29, 1.82) is 0 Å². The van der Waals surface area contributed by atoms with Crippen molar-refractivity contribution in [3.8, 4) is 0 Å². The molecule has 21 heavy (non-hydrogen) atoms. The lowest BCUT2D eigenvalue weighted by atomic mass is 9.81. The highest BCUT2D eigenvalue weighted by atomic mass is 79.9. The molecule has 4 unspecified atom stereocenters. The Hall–Kier alpha value is -0.300. The summed E-state index contributed by atoms with van der Waals surface area (Å²) in [7, 11) is 0. The minimum absolute atomic E-state index is 0.561. The Kier molecular flexibility index (Phi) is 4.50. The van der Waals surface area contributed by atoms with E-state index in [1.807, 2.05) is 0 Å². The van der Waals surface area contributed by atoms with Gasteiger partial charge in [0.25, 0.3) is 0 Å². The molecular weight excluding hydrogens is 320 g/mol. The van der Waals surface area contributed by atoms with Crippen molar-refractivity contribution >= 4 is 15.9 Å². The molecule has 1 aromatic carbocycles. The number of hydrogen-bond donors (Lipinski definition) is 0. The van der Waals surface area contributed by atoms with Crippen LogP contribution in [-0.2, 0) is 0 Å². The number of benzene rings is 1. The van der Waals surface area contributed by atoms with E-state index in [4.69, 9.17) is 0 Å². The highest BCUT2D eigenvalue weighted by Gasteiger charge is 2.43. The molecule has 3 rings (SSSR count). The Labute approximate surface area is 138 Å². The van der Waals surface area contributed by atoms with Gasteiger partial charge >= 0.3 is 0 Å². The standard InChI is InChI=1S/C20H29Br/c1-12(2)15-7-8-17(18(11-15)13(3)4)20(21)19-10-14-5-6-16(19)9-14/h7-8,11-14,16,19-20H,5-6,9-10H2,1-4H3. The molecule has 2 aliphatic carbocycles. The van der Waals surface area contributed by atoms with Gasteiger partial charge in [-0.15, -0.1) is 0 Å². The van der Waals surface area contributed by atoms with Gasteiger partial charge in [-0.1, -0.05) is 68.2 Å². The fourth-order valence-corrected chi connectivity index (χ4v) is 5.65. The van der Waals surface area contributed by atoms with Crippen LogP contribution in [-0.4, -0.2) is 0 Å². The second kappa shape index (κ2) is 6.07. The lowest BCUT2D eigenvalue weighted by Crippen LogP contribution is -2.17. The van der Waals surface area contributed by atoms with Crippen LogP contribution in [0.4, 0.5) is 0 Å². The van der Waals surface area contributed by atoms with Crippen LogP contribution in [0.2, 0.25) is 0 Å². The zero-order valence-corrected chi connectivity index (χ0v) is 15.5. The van der Waals surface area contributed by atoms with Crippen LogP contribution >= 0.6 is 15.9 Å². The molecule has 0 radical (unpaired) electrons. The third-order valence-electron chi connectivity index (χ3n) is 5.87. The van der Waals surface area contributed by atoms with Crippen LogP contribution in [0.5, 0.6) is 0 Å². The molecule has 2 bridgehead atoms. The summed E-state index contributed by atoms with van der Waals surface area (Å²) in [6.45, 7) is 9.26. The van der Waals surface area contributed by atoms with Gasteiger partial charge in [0.1, 0.15) is 0 Å². The number of rotatable bonds is 4. The predicted molar refractivity (Wildman–Crippen MR) is 95.2 cm³/mol. The first-order valence-corrected chi connectivity index (χ1v) is 9.66. The van der Waals surface area contributed by atoms with E-state index in [1.54, 1.807) is 11.1 Å². The maximum absolute atomic E-state index is 4.10. The summed E-state index contributed by atoms with van der Waals surface area (Å²) in [6, 6.07) is 7.23. The van der Waals surface area contributed by atoms with Crippen molar-refractivity contribution in [2.45, 2.75) is 70.0 Å². The quantitative estimate of drug-likeness (QED) is 0.524. The molecule has 2 fully saturated rings. The van der Waals surface area contributed by atoms with Crippen LogP contribution < -0.4 is 0 Å². The van der Waals surface area contributed by atoms with E-state index in [1.165, 1.54) is 31.2 Å². The molecule has 0 nitrogen and oxygen atoms in total. The first-order valence-electron chi connectivity index (χ1n) is 8.75. The topological polar surface area (TPSA) is 0 Å². The van der Waals surface area contributed by atoms with Gasteiger partial charge in [-0.3, -0.25) is 0 Å². The van der Waals surface area contributed by atoms with E-state index in [2.05, 4.69) is 61.8 Å². The van der Waals surface area contributed by atoms with Gasteiger partial charge in [0.2, 0.25) is 0 Å². The van der Waals surface area contributed by atoms with Crippen LogP contribution in [0, 0.1) is 17.8 Å². The summed E-state index contributed by atoms with van der Waals surface area (Å²) < 4.78 is 0. The average Bonchev–Trinajstić information content (AvgIpc) is 3.08. The average molecular weight is 349 g/mol. The van der Waals surface area contributed by atoms with Crippen molar-refractivity contribution < 1.29 is 0 Å². The molecule has 0 aromatic heterocycles. The van der Waals surface area contributed by atoms with Crippen LogP contribution in [0.15, 0.2) is 18.2 Å². The summed E-state index contributed by atoms with van der Waals surface area (Å²) in [5.74, 6) is 4.10. The molecule has 2 aliphatic rings. The zero-order valence-electron chi connectivity index (χ0n) is 13.9. The van der Waals surface area contributed by atoms with Crippen LogP contribution in [0.1, 0.15) is 86.7 Å². The minimum Gasteiger partial charge on any atom is -0.0836 e. The van der Waals surface area contributed by atoms with Gasteiger partial charge < -0.3 is 0 Å². The molecule has 0 heterocycles. The Balaban J connectivity index is 1.90. The zero-order chi connectivity index (χ0) is 15.1. The van der Waals surface area contributed by atoms with Crippen molar-refractivity contribution in [2.24, 2.45) is 17.8 Å². The summed E-state index contributed by atoms with van der Waals surface area (Å²) in [5, 5.41) is 0. The maximum Gasteiger partial charge on any atom is 0.0429 e. The van der Waals surface area contributed by atoms with Gasteiger partial charge in [0.15, 0.2) is 0 Å². The number of hydrogen-bond acceptors (Lipinski definition) is 0. The fraction of sp³-hybridized carbons (Fsp3) is 0.700. The minimum atomic E-state index is 0.561. The van der Waals surface area contributed by atoms with Crippen molar-refractivity contribution in [1.82, 2.24) is 0 Å². The Bertz CT molecular complexity index is 503. The van der Waals surface area contributed by atoms with Gasteiger partial charge in [0.05, 0.1) is 0 Å². The monoisotopic (exact) mass is 348 g/mol. The third kappa shape index (κ3) is 2.96.